The predicted octanol–water partition coefficient (Wildman–Crippen LogP) is 5.22. The van der Waals surface area contributed by atoms with Crippen molar-refractivity contribution >= 4 is 40.7 Å². The molecule has 5 nitrogen and oxygen atoms in total. The first-order valence-corrected chi connectivity index (χ1v) is 10.6. The lowest BCUT2D eigenvalue weighted by Gasteiger charge is -2.42. The fraction of sp³-hybridized carbons (Fsp3) is 0.217. The Morgan fingerprint density at radius 2 is 1.63 bits per heavy atom. The third-order valence-electron chi connectivity index (χ3n) is 6.17. The number of carbonyl (C=O) groups excluding carboxylic acids is 2. The van der Waals surface area contributed by atoms with E-state index in [2.05, 4.69) is 6.58 Å². The molecule has 0 unspecified atom stereocenters. The average molecular weight is 534 g/mol. The lowest BCUT2D eigenvalue weighted by molar-refractivity contribution is -0.122. The van der Waals surface area contributed by atoms with Gasteiger partial charge >= 0.3 is 0 Å². The summed E-state index contributed by atoms with van der Waals surface area (Å²) in [5.74, 6) is -16.6. The van der Waals surface area contributed by atoms with E-state index in [1.165, 1.54) is 37.5 Å². The molecule has 35 heavy (non-hydrogen) atoms. The maximum atomic E-state index is 14.6. The normalized spacial score (nSPS) is 26.0. The molecule has 2 aromatic rings. The van der Waals surface area contributed by atoms with Crippen molar-refractivity contribution in [3.63, 3.8) is 0 Å². The zero-order valence-corrected chi connectivity index (χ0v) is 19.2. The highest BCUT2D eigenvalue weighted by molar-refractivity contribution is 6.58. The summed E-state index contributed by atoms with van der Waals surface area (Å²) in [5, 5.41) is 10.3. The molecule has 0 spiro atoms. The molecule has 0 radical (unpaired) electrons. The van der Waals surface area contributed by atoms with Crippen LogP contribution in [0.15, 0.2) is 42.5 Å². The van der Waals surface area contributed by atoms with Crippen LogP contribution in [0.4, 0.5) is 27.6 Å². The van der Waals surface area contributed by atoms with Crippen LogP contribution in [0.1, 0.15) is 17.9 Å². The standard InChI is InChI=1S/C23H14Cl2F5NO4/c1-3-9-6-7-22(24)20(33)31(19-17(29)15(27)14(26)16(28)18(19)30)21(34)23(22,25)13(9)10-4-5-12(35-2)11(32)8-10/h3-6,8,13,32H,1,7H2,2H3/t13-,22-,23+/m1/s1. The van der Waals surface area contributed by atoms with Gasteiger partial charge in [-0.2, -0.15) is 0 Å². The van der Waals surface area contributed by atoms with Crippen molar-refractivity contribution in [2.75, 3.05) is 12.0 Å². The summed E-state index contributed by atoms with van der Waals surface area (Å²) in [5.41, 5.74) is -1.39. The number of aromatic hydroxyl groups is 1. The molecule has 0 aromatic heterocycles. The van der Waals surface area contributed by atoms with Crippen LogP contribution in [-0.4, -0.2) is 33.8 Å². The third-order valence-corrected chi connectivity index (χ3v) is 7.58. The van der Waals surface area contributed by atoms with E-state index < -0.39 is 68.7 Å². The number of ether oxygens (including phenoxy) is 1. The fourth-order valence-electron chi connectivity index (χ4n) is 4.45. The number of phenols is 1. The second-order valence-corrected chi connectivity index (χ2v) is 9.10. The van der Waals surface area contributed by atoms with Crippen molar-refractivity contribution < 1.29 is 41.4 Å². The summed E-state index contributed by atoms with van der Waals surface area (Å²) in [6.07, 6.45) is 2.26. The Morgan fingerprint density at radius 1 is 1.06 bits per heavy atom. The van der Waals surface area contributed by atoms with E-state index >= 15 is 0 Å². The third kappa shape index (κ3) is 3.12. The van der Waals surface area contributed by atoms with Crippen LogP contribution in [0.25, 0.3) is 0 Å². The Labute approximate surface area is 205 Å². The van der Waals surface area contributed by atoms with Gasteiger partial charge in [-0.15, -0.1) is 23.2 Å². The number of fused-ring (bicyclic) bond motifs is 1. The molecule has 2 aromatic carbocycles. The van der Waals surface area contributed by atoms with Gasteiger partial charge in [0.1, 0.15) is 5.69 Å². The number of anilines is 1. The molecule has 1 saturated heterocycles. The van der Waals surface area contributed by atoms with Gasteiger partial charge in [-0.3, -0.25) is 9.59 Å². The number of halogens is 7. The van der Waals surface area contributed by atoms with Crippen LogP contribution in [0.5, 0.6) is 11.5 Å². The molecule has 2 amide bonds. The molecule has 12 heteroatoms. The number of hydrogen-bond acceptors (Lipinski definition) is 4. The van der Waals surface area contributed by atoms with Crippen LogP contribution < -0.4 is 9.64 Å². The number of allylic oxidation sites excluding steroid dienone is 3. The average Bonchev–Trinajstić information content (AvgIpc) is 2.99. The zero-order chi connectivity index (χ0) is 26.0. The van der Waals surface area contributed by atoms with E-state index in [0.29, 0.717) is 0 Å². The highest BCUT2D eigenvalue weighted by Gasteiger charge is 2.73. The molecule has 0 saturated carbocycles. The number of imide groups is 1. The minimum atomic E-state index is -2.51. The summed E-state index contributed by atoms with van der Waals surface area (Å²) >= 11 is 13.3. The van der Waals surface area contributed by atoms with Gasteiger partial charge in [-0.1, -0.05) is 24.8 Å². The van der Waals surface area contributed by atoms with Gasteiger partial charge in [0.25, 0.3) is 11.8 Å². The van der Waals surface area contributed by atoms with Gasteiger partial charge in [0, 0.05) is 5.92 Å². The molecule has 0 bridgehead atoms. The van der Waals surface area contributed by atoms with Gasteiger partial charge < -0.3 is 9.84 Å². The minimum Gasteiger partial charge on any atom is -0.504 e. The van der Waals surface area contributed by atoms with Gasteiger partial charge in [0.05, 0.1) is 7.11 Å². The molecule has 1 heterocycles. The van der Waals surface area contributed by atoms with Crippen LogP contribution in [0, 0.1) is 29.1 Å². The Morgan fingerprint density at radius 3 is 2.14 bits per heavy atom. The van der Waals surface area contributed by atoms with Crippen LogP contribution in [0.2, 0.25) is 0 Å². The molecular weight excluding hydrogens is 520 g/mol. The summed E-state index contributed by atoms with van der Waals surface area (Å²) in [6.45, 7) is 3.64. The van der Waals surface area contributed by atoms with E-state index in [-0.39, 0.29) is 27.5 Å². The topological polar surface area (TPSA) is 66.8 Å². The number of carbonyl (C=O) groups is 2. The van der Waals surface area contributed by atoms with Gasteiger partial charge in [0.2, 0.25) is 5.82 Å². The second kappa shape index (κ2) is 8.23. The molecule has 184 valence electrons. The number of benzene rings is 2. The second-order valence-electron chi connectivity index (χ2n) is 7.85. The molecule has 3 atom stereocenters. The molecule has 1 N–H and O–H groups in total. The summed E-state index contributed by atoms with van der Waals surface area (Å²) in [7, 11) is 1.29. The van der Waals surface area contributed by atoms with Crippen LogP contribution in [0.3, 0.4) is 0 Å². The molecule has 1 fully saturated rings. The molecular formula is C23H14Cl2F5NO4. The maximum Gasteiger partial charge on any atom is 0.258 e. The fourth-order valence-corrected chi connectivity index (χ4v) is 5.30. The Hall–Kier alpha value is -3.11. The number of alkyl halides is 2. The lowest BCUT2D eigenvalue weighted by Crippen LogP contribution is -2.54. The van der Waals surface area contributed by atoms with Crippen LogP contribution >= 0.6 is 23.2 Å². The largest absolute Gasteiger partial charge is 0.504 e. The van der Waals surface area contributed by atoms with Crippen molar-refractivity contribution in [1.29, 1.82) is 0 Å². The first-order chi connectivity index (χ1) is 16.4. The van der Waals surface area contributed by atoms with E-state index in [9.17, 15) is 36.6 Å². The number of methoxy groups -OCH3 is 1. The number of hydrogen-bond donors (Lipinski definition) is 1. The summed E-state index contributed by atoms with van der Waals surface area (Å²) in [6, 6.07) is 3.90. The SMILES string of the molecule is C=CC1=CC[C@@]2(Cl)C(=O)N(c3c(F)c(F)c(F)c(F)c3F)C(=O)[C@@]2(Cl)[C@H]1c1ccc(OC)c(O)c1. The van der Waals surface area contributed by atoms with Crippen molar-refractivity contribution in [3.05, 3.63) is 77.2 Å². The quantitative estimate of drug-likeness (QED) is 0.192. The number of nitrogens with zero attached hydrogens (tertiary/aromatic N) is 1. The van der Waals surface area contributed by atoms with Crippen molar-refractivity contribution in [1.82, 2.24) is 0 Å². The van der Waals surface area contributed by atoms with E-state index in [1.54, 1.807) is 0 Å². The Balaban J connectivity index is 1.98. The smallest absolute Gasteiger partial charge is 0.258 e. The molecule has 1 aliphatic carbocycles. The van der Waals surface area contributed by atoms with Gasteiger partial charge in [-0.25, -0.2) is 26.9 Å². The van der Waals surface area contributed by atoms with Crippen molar-refractivity contribution in [2.45, 2.75) is 22.1 Å². The monoisotopic (exact) mass is 533 g/mol. The first-order valence-electron chi connectivity index (χ1n) is 9.84. The maximum absolute atomic E-state index is 14.6. The number of phenolic OH excluding ortho intramolecular Hbond substituents is 1. The van der Waals surface area contributed by atoms with Crippen molar-refractivity contribution in [3.8, 4) is 11.5 Å². The molecule has 4 rings (SSSR count). The number of rotatable bonds is 4. The lowest BCUT2D eigenvalue weighted by atomic mass is 9.68. The Bertz CT molecular complexity index is 1320. The molecule has 1 aliphatic heterocycles. The number of amides is 2. The predicted molar refractivity (Wildman–Crippen MR) is 116 cm³/mol. The zero-order valence-electron chi connectivity index (χ0n) is 17.6. The summed E-state index contributed by atoms with van der Waals surface area (Å²) < 4.78 is 75.6. The highest BCUT2D eigenvalue weighted by Crippen LogP contribution is 2.60. The highest BCUT2D eigenvalue weighted by atomic mass is 35.5. The van der Waals surface area contributed by atoms with Gasteiger partial charge in [0.15, 0.2) is 44.5 Å². The van der Waals surface area contributed by atoms with Crippen LogP contribution in [-0.2, 0) is 9.59 Å². The minimum absolute atomic E-state index is 0.0614. The molecule has 2 aliphatic rings. The first kappa shape index (κ1) is 25.0. The Kier molecular flexibility index (Phi) is 5.88. The van der Waals surface area contributed by atoms with E-state index in [0.717, 1.165) is 0 Å². The van der Waals surface area contributed by atoms with E-state index in [1.807, 2.05) is 0 Å². The summed E-state index contributed by atoms with van der Waals surface area (Å²) in [4.78, 5) is 21.8. The van der Waals surface area contributed by atoms with E-state index in [4.69, 9.17) is 27.9 Å². The van der Waals surface area contributed by atoms with Gasteiger partial charge in [-0.05, 0) is 29.7 Å². The van der Waals surface area contributed by atoms with Crippen molar-refractivity contribution in [2.24, 2.45) is 0 Å².